The molecule has 0 aliphatic carbocycles. The number of aromatic nitrogens is 1. The number of carbonyl (C=O) groups excluding carboxylic acids is 1. The molecule has 5 heteroatoms. The summed E-state index contributed by atoms with van der Waals surface area (Å²) in [6.45, 7) is 0. The number of carboxylic acid groups (broad SMARTS) is 1. The molecule has 1 aromatic heterocycles. The van der Waals surface area contributed by atoms with Gasteiger partial charge in [-0.15, -0.1) is 0 Å². The molecule has 1 atom stereocenters. The Morgan fingerprint density at radius 3 is 2.85 bits per heavy atom. The maximum absolute atomic E-state index is 10.5. The van der Waals surface area contributed by atoms with Crippen molar-refractivity contribution >= 4 is 12.3 Å². The van der Waals surface area contributed by atoms with Gasteiger partial charge in [-0.05, 0) is 11.6 Å². The van der Waals surface area contributed by atoms with E-state index in [1.54, 1.807) is 0 Å². The van der Waals surface area contributed by atoms with Crippen LogP contribution in [0.1, 0.15) is 22.0 Å². The molecule has 3 N–H and O–H groups in total. The molecule has 13 heavy (non-hydrogen) atoms. The Labute approximate surface area is 74.2 Å². The Kier molecular flexibility index (Phi) is 2.71. The van der Waals surface area contributed by atoms with Gasteiger partial charge in [0.2, 0.25) is 0 Å². The summed E-state index contributed by atoms with van der Waals surface area (Å²) in [6.07, 6.45) is 3.25. The van der Waals surface area contributed by atoms with Crippen molar-refractivity contribution < 1.29 is 14.7 Å². The molecule has 0 spiro atoms. The molecular formula is C8H8N2O3. The molecule has 0 saturated heterocycles. The van der Waals surface area contributed by atoms with Crippen molar-refractivity contribution in [3.63, 3.8) is 0 Å². The fourth-order valence-corrected chi connectivity index (χ4v) is 0.853. The zero-order chi connectivity index (χ0) is 9.84. The number of pyridine rings is 1. The highest BCUT2D eigenvalue weighted by molar-refractivity contribution is 5.78. The number of nitrogens with two attached hydrogens (primary N) is 1. The van der Waals surface area contributed by atoms with Crippen LogP contribution >= 0.6 is 0 Å². The van der Waals surface area contributed by atoms with Crippen LogP contribution in [-0.4, -0.2) is 22.3 Å². The predicted molar refractivity (Wildman–Crippen MR) is 44.2 cm³/mol. The van der Waals surface area contributed by atoms with Gasteiger partial charge in [0.05, 0.1) is 0 Å². The van der Waals surface area contributed by atoms with Gasteiger partial charge >= 0.3 is 5.97 Å². The first-order valence-electron chi connectivity index (χ1n) is 3.53. The minimum atomic E-state index is -1.15. The summed E-state index contributed by atoms with van der Waals surface area (Å²) in [5.74, 6) is -1.15. The highest BCUT2D eigenvalue weighted by atomic mass is 16.4. The van der Waals surface area contributed by atoms with Gasteiger partial charge in [-0.1, -0.05) is 0 Å². The van der Waals surface area contributed by atoms with E-state index in [9.17, 15) is 9.59 Å². The number of carboxylic acids is 1. The van der Waals surface area contributed by atoms with Crippen molar-refractivity contribution in [1.29, 1.82) is 0 Å². The predicted octanol–water partition coefficient (Wildman–Crippen LogP) is -0.0215. The van der Waals surface area contributed by atoms with Gasteiger partial charge in [0.1, 0.15) is 6.04 Å². The van der Waals surface area contributed by atoms with Crippen molar-refractivity contribution in [2.45, 2.75) is 6.04 Å². The van der Waals surface area contributed by atoms with Crippen LogP contribution in [0.4, 0.5) is 0 Å². The molecule has 0 radical (unpaired) electrons. The maximum atomic E-state index is 10.5. The molecule has 0 fully saturated rings. The summed E-state index contributed by atoms with van der Waals surface area (Å²) in [5.41, 5.74) is 5.94. The Hall–Kier alpha value is -1.75. The zero-order valence-corrected chi connectivity index (χ0v) is 6.68. The number of aldehydes is 1. The molecule has 68 valence electrons. The smallest absolute Gasteiger partial charge is 0.325 e. The molecular weight excluding hydrogens is 172 g/mol. The second-order valence-corrected chi connectivity index (χ2v) is 2.49. The van der Waals surface area contributed by atoms with E-state index in [2.05, 4.69) is 4.98 Å². The molecule has 0 saturated carbocycles. The molecule has 1 rings (SSSR count). The van der Waals surface area contributed by atoms with Gasteiger partial charge < -0.3 is 10.8 Å². The lowest BCUT2D eigenvalue weighted by atomic mass is 10.1. The molecule has 0 aromatic carbocycles. The van der Waals surface area contributed by atoms with E-state index in [4.69, 9.17) is 10.8 Å². The number of hydrogen-bond acceptors (Lipinski definition) is 4. The van der Waals surface area contributed by atoms with Gasteiger partial charge in [-0.2, -0.15) is 0 Å². The maximum Gasteiger partial charge on any atom is 0.325 e. The molecule has 5 nitrogen and oxygen atoms in total. The molecule has 0 aliphatic heterocycles. The Morgan fingerprint density at radius 2 is 2.31 bits per heavy atom. The fourth-order valence-electron chi connectivity index (χ4n) is 0.853. The monoisotopic (exact) mass is 180 g/mol. The number of hydrogen-bond donors (Lipinski definition) is 2. The van der Waals surface area contributed by atoms with Crippen LogP contribution < -0.4 is 5.73 Å². The molecule has 0 amide bonds. The van der Waals surface area contributed by atoms with Crippen molar-refractivity contribution in [2.75, 3.05) is 0 Å². The number of nitrogens with zero attached hydrogens (tertiary/aromatic N) is 1. The normalized spacial score (nSPS) is 12.1. The average Bonchev–Trinajstić information content (AvgIpc) is 2.16. The quantitative estimate of drug-likeness (QED) is 0.637. The van der Waals surface area contributed by atoms with E-state index in [0.29, 0.717) is 17.4 Å². The van der Waals surface area contributed by atoms with E-state index < -0.39 is 12.0 Å². The van der Waals surface area contributed by atoms with Crippen molar-refractivity contribution in [1.82, 2.24) is 4.98 Å². The lowest BCUT2D eigenvalue weighted by Crippen LogP contribution is -2.20. The van der Waals surface area contributed by atoms with Crippen LogP contribution in [-0.2, 0) is 4.79 Å². The first kappa shape index (κ1) is 9.34. The van der Waals surface area contributed by atoms with Crippen molar-refractivity contribution in [3.05, 3.63) is 29.6 Å². The lowest BCUT2D eigenvalue weighted by molar-refractivity contribution is -0.138. The highest BCUT2D eigenvalue weighted by Crippen LogP contribution is 2.09. The van der Waals surface area contributed by atoms with Crippen LogP contribution in [0.2, 0.25) is 0 Å². The molecule has 1 aromatic rings. The summed E-state index contributed by atoms with van der Waals surface area (Å²) in [6, 6.07) is 0.270. The number of aliphatic carboxylic acids is 1. The first-order valence-corrected chi connectivity index (χ1v) is 3.53. The van der Waals surface area contributed by atoms with Crippen LogP contribution in [0, 0.1) is 0 Å². The third kappa shape index (κ3) is 2.09. The third-order valence-electron chi connectivity index (χ3n) is 1.54. The fraction of sp³-hybridized carbons (Fsp3) is 0.125. The Morgan fingerprint density at radius 1 is 1.62 bits per heavy atom. The van der Waals surface area contributed by atoms with Crippen molar-refractivity contribution in [2.24, 2.45) is 5.73 Å². The van der Waals surface area contributed by atoms with E-state index >= 15 is 0 Å². The zero-order valence-electron chi connectivity index (χ0n) is 6.68. The van der Waals surface area contributed by atoms with E-state index in [-0.39, 0.29) is 0 Å². The summed E-state index contributed by atoms with van der Waals surface area (Å²) >= 11 is 0. The Bertz CT molecular complexity index is 338. The van der Waals surface area contributed by atoms with Crippen LogP contribution in [0.5, 0.6) is 0 Å². The average molecular weight is 180 g/mol. The van der Waals surface area contributed by atoms with Crippen molar-refractivity contribution in [3.8, 4) is 0 Å². The van der Waals surface area contributed by atoms with E-state index in [1.165, 1.54) is 18.5 Å². The van der Waals surface area contributed by atoms with Crippen LogP contribution in [0.15, 0.2) is 18.5 Å². The molecule has 1 heterocycles. The number of rotatable bonds is 3. The summed E-state index contributed by atoms with van der Waals surface area (Å²) in [7, 11) is 0. The standard InChI is InChI=1S/C8H8N2O3/c9-7(8(12)13)6-1-5(4-11)2-10-3-6/h1-4,7H,9H2,(H,12,13). The number of carbonyl (C=O) groups is 2. The SMILES string of the molecule is NC(C(=O)O)c1cncc(C=O)c1. The van der Waals surface area contributed by atoms with Gasteiger partial charge in [-0.25, -0.2) is 0 Å². The lowest BCUT2D eigenvalue weighted by Gasteiger charge is -2.05. The third-order valence-corrected chi connectivity index (χ3v) is 1.54. The van der Waals surface area contributed by atoms with Gasteiger partial charge in [0.15, 0.2) is 6.29 Å². The second kappa shape index (κ2) is 3.77. The van der Waals surface area contributed by atoms with Crippen LogP contribution in [0.25, 0.3) is 0 Å². The van der Waals surface area contributed by atoms with E-state index in [0.717, 1.165) is 0 Å². The van der Waals surface area contributed by atoms with Gasteiger partial charge in [0.25, 0.3) is 0 Å². The molecule has 0 aliphatic rings. The summed E-state index contributed by atoms with van der Waals surface area (Å²) in [5, 5.41) is 8.56. The highest BCUT2D eigenvalue weighted by Gasteiger charge is 2.14. The molecule has 1 unspecified atom stereocenters. The van der Waals surface area contributed by atoms with Gasteiger partial charge in [0, 0.05) is 18.0 Å². The minimum Gasteiger partial charge on any atom is -0.480 e. The summed E-state index contributed by atoms with van der Waals surface area (Å²) < 4.78 is 0. The molecule has 0 bridgehead atoms. The second-order valence-electron chi connectivity index (χ2n) is 2.49. The topological polar surface area (TPSA) is 93.3 Å². The van der Waals surface area contributed by atoms with Gasteiger partial charge in [-0.3, -0.25) is 14.6 Å². The first-order chi connectivity index (χ1) is 6.15. The minimum absolute atomic E-state index is 0.314. The Balaban J connectivity index is 3.01. The van der Waals surface area contributed by atoms with Crippen LogP contribution in [0.3, 0.4) is 0 Å². The largest absolute Gasteiger partial charge is 0.480 e. The van der Waals surface area contributed by atoms with E-state index in [1.807, 2.05) is 0 Å². The summed E-state index contributed by atoms with van der Waals surface area (Å²) in [4.78, 5) is 24.5.